The molecular weight excluding hydrogens is 348 g/mol. The van der Waals surface area contributed by atoms with Crippen LogP contribution in [0.1, 0.15) is 12.8 Å². The maximum atomic E-state index is 11.8. The van der Waals surface area contributed by atoms with Crippen molar-refractivity contribution in [1.29, 1.82) is 0 Å². The Morgan fingerprint density at radius 3 is 2.89 bits per heavy atom. The number of imidazole rings is 1. The fraction of sp³-hybridized carbons (Fsp3) is 0.176. The van der Waals surface area contributed by atoms with Crippen LogP contribution in [0.25, 0.3) is 28.6 Å². The Morgan fingerprint density at radius 1 is 1.30 bits per heavy atom. The van der Waals surface area contributed by atoms with Gasteiger partial charge in [0.15, 0.2) is 5.82 Å². The predicted molar refractivity (Wildman–Crippen MR) is 96.9 cm³/mol. The number of amides is 2. The number of aromatic nitrogens is 6. The van der Waals surface area contributed by atoms with E-state index in [0.717, 1.165) is 5.56 Å². The second-order valence-electron chi connectivity index (χ2n) is 5.67. The first kappa shape index (κ1) is 16.6. The van der Waals surface area contributed by atoms with Crippen molar-refractivity contribution in [2.75, 3.05) is 11.9 Å². The van der Waals surface area contributed by atoms with Gasteiger partial charge in [0, 0.05) is 37.5 Å². The maximum absolute atomic E-state index is 11.8. The third-order valence-corrected chi connectivity index (χ3v) is 3.71. The normalized spacial score (nSPS) is 10.9. The minimum atomic E-state index is -0.337. The van der Waals surface area contributed by atoms with Gasteiger partial charge in [0.2, 0.25) is 11.7 Å². The molecule has 4 aromatic heterocycles. The first-order valence-electron chi connectivity index (χ1n) is 8.30. The van der Waals surface area contributed by atoms with Crippen molar-refractivity contribution in [2.24, 2.45) is 0 Å². The van der Waals surface area contributed by atoms with E-state index in [9.17, 15) is 4.79 Å². The highest BCUT2D eigenvalue weighted by Crippen LogP contribution is 2.25. The fourth-order valence-corrected chi connectivity index (χ4v) is 2.57. The van der Waals surface area contributed by atoms with E-state index in [1.165, 1.54) is 0 Å². The van der Waals surface area contributed by atoms with Crippen LogP contribution in [0.3, 0.4) is 0 Å². The molecule has 0 saturated heterocycles. The van der Waals surface area contributed by atoms with Crippen molar-refractivity contribution in [3.63, 3.8) is 0 Å². The largest absolute Gasteiger partial charge is 0.418 e. The standard InChI is InChI=1S/C17H16N8O2/c1-3-19-17(26)22-13-9-25-14(21-13)7-12(11-5-4-6-18-8-11)20-15(25)16-24-23-10(2)27-16/h4-9H,3H2,1-2H3,(H2,19,22,26). The topological polar surface area (TPSA) is 123 Å². The Morgan fingerprint density at radius 2 is 2.19 bits per heavy atom. The lowest BCUT2D eigenvalue weighted by atomic mass is 10.2. The highest BCUT2D eigenvalue weighted by atomic mass is 16.4. The molecule has 0 radical (unpaired) electrons. The van der Waals surface area contributed by atoms with Crippen LogP contribution >= 0.6 is 0 Å². The first-order valence-corrected chi connectivity index (χ1v) is 8.30. The summed E-state index contributed by atoms with van der Waals surface area (Å²) in [6, 6.07) is 5.18. The third kappa shape index (κ3) is 3.32. The van der Waals surface area contributed by atoms with E-state index in [0.29, 0.717) is 35.4 Å². The zero-order valence-corrected chi connectivity index (χ0v) is 14.7. The van der Waals surface area contributed by atoms with Crippen molar-refractivity contribution in [2.45, 2.75) is 13.8 Å². The lowest BCUT2D eigenvalue weighted by molar-refractivity contribution is 0.252. The second-order valence-corrected chi connectivity index (χ2v) is 5.67. The van der Waals surface area contributed by atoms with Gasteiger partial charge >= 0.3 is 6.03 Å². The number of fused-ring (bicyclic) bond motifs is 1. The molecule has 0 fully saturated rings. The van der Waals surface area contributed by atoms with Crippen molar-refractivity contribution >= 4 is 17.5 Å². The number of rotatable bonds is 4. The van der Waals surface area contributed by atoms with Crippen LogP contribution < -0.4 is 10.6 Å². The molecule has 10 heteroatoms. The van der Waals surface area contributed by atoms with Crippen molar-refractivity contribution < 1.29 is 9.21 Å². The summed E-state index contributed by atoms with van der Waals surface area (Å²) in [5, 5.41) is 13.3. The van der Waals surface area contributed by atoms with E-state index in [1.807, 2.05) is 19.1 Å². The Balaban J connectivity index is 1.86. The first-order chi connectivity index (χ1) is 13.1. The van der Waals surface area contributed by atoms with Crippen LogP contribution in [0, 0.1) is 6.92 Å². The van der Waals surface area contributed by atoms with Crippen LogP contribution in [0.2, 0.25) is 0 Å². The average Bonchev–Trinajstić information content (AvgIpc) is 3.27. The molecule has 2 N–H and O–H groups in total. The summed E-state index contributed by atoms with van der Waals surface area (Å²) in [5.41, 5.74) is 2.04. The Bertz CT molecular complexity index is 1100. The molecule has 0 saturated carbocycles. The van der Waals surface area contributed by atoms with Gasteiger partial charge in [-0.25, -0.2) is 14.8 Å². The number of carbonyl (C=O) groups is 1. The highest BCUT2D eigenvalue weighted by Gasteiger charge is 2.17. The van der Waals surface area contributed by atoms with Crippen LogP contribution in [-0.4, -0.2) is 42.1 Å². The smallest absolute Gasteiger partial charge is 0.320 e. The predicted octanol–water partition coefficient (Wildman–Crippen LogP) is 2.29. The lowest BCUT2D eigenvalue weighted by Crippen LogP contribution is -2.28. The zero-order chi connectivity index (χ0) is 18.8. The monoisotopic (exact) mass is 364 g/mol. The van der Waals surface area contributed by atoms with E-state index in [1.54, 1.807) is 36.0 Å². The van der Waals surface area contributed by atoms with Crippen LogP contribution in [0.4, 0.5) is 10.6 Å². The van der Waals surface area contributed by atoms with E-state index in [2.05, 4.69) is 35.8 Å². The molecule has 4 rings (SSSR count). The van der Waals surface area contributed by atoms with Crippen LogP contribution in [-0.2, 0) is 0 Å². The molecule has 0 aliphatic rings. The van der Waals surface area contributed by atoms with E-state index >= 15 is 0 Å². The summed E-state index contributed by atoms with van der Waals surface area (Å²) >= 11 is 0. The van der Waals surface area contributed by atoms with Gasteiger partial charge in [0.1, 0.15) is 5.65 Å². The average molecular weight is 364 g/mol. The molecule has 4 aromatic rings. The molecule has 0 aliphatic heterocycles. The van der Waals surface area contributed by atoms with Gasteiger partial charge in [0.25, 0.3) is 5.89 Å². The van der Waals surface area contributed by atoms with Gasteiger partial charge in [-0.1, -0.05) is 0 Å². The molecule has 0 unspecified atom stereocenters. The number of hydrogen-bond acceptors (Lipinski definition) is 7. The molecule has 2 amide bonds. The van der Waals surface area contributed by atoms with Gasteiger partial charge in [-0.05, 0) is 19.1 Å². The van der Waals surface area contributed by atoms with Crippen molar-refractivity contribution in [3.05, 3.63) is 42.7 Å². The molecule has 136 valence electrons. The Labute approximate surface area is 153 Å². The maximum Gasteiger partial charge on any atom is 0.320 e. The van der Waals surface area contributed by atoms with Gasteiger partial charge < -0.3 is 9.73 Å². The number of anilines is 1. The summed E-state index contributed by atoms with van der Waals surface area (Å²) in [5.74, 6) is 1.48. The molecule has 10 nitrogen and oxygen atoms in total. The molecule has 0 atom stereocenters. The Kier molecular flexibility index (Phi) is 4.21. The number of nitrogens with one attached hydrogen (secondary N) is 2. The summed E-state index contributed by atoms with van der Waals surface area (Å²) in [7, 11) is 0. The molecular formula is C17H16N8O2. The summed E-state index contributed by atoms with van der Waals surface area (Å²) < 4.78 is 7.24. The highest BCUT2D eigenvalue weighted by molar-refractivity contribution is 5.88. The van der Waals surface area contributed by atoms with Crippen LogP contribution in [0.5, 0.6) is 0 Å². The van der Waals surface area contributed by atoms with Gasteiger partial charge in [-0.15, -0.1) is 10.2 Å². The van der Waals surface area contributed by atoms with Crippen molar-refractivity contribution in [3.8, 4) is 23.0 Å². The molecule has 4 heterocycles. The number of nitrogens with zero attached hydrogens (tertiary/aromatic N) is 6. The summed E-state index contributed by atoms with van der Waals surface area (Å²) in [4.78, 5) is 25.0. The zero-order valence-electron chi connectivity index (χ0n) is 14.7. The number of pyridine rings is 1. The van der Waals surface area contributed by atoms with Gasteiger partial charge in [-0.3, -0.25) is 14.7 Å². The second kappa shape index (κ2) is 6.83. The Hall–Kier alpha value is -3.82. The van der Waals surface area contributed by atoms with Crippen molar-refractivity contribution in [1.82, 2.24) is 34.9 Å². The SMILES string of the molecule is CCNC(=O)Nc1cn2c(-c3nnc(C)o3)nc(-c3cccnc3)cc2n1. The quantitative estimate of drug-likeness (QED) is 0.569. The van der Waals surface area contributed by atoms with Crippen LogP contribution in [0.15, 0.2) is 41.2 Å². The number of aryl methyl sites for hydroxylation is 1. The molecule has 27 heavy (non-hydrogen) atoms. The molecule has 0 bridgehead atoms. The fourth-order valence-electron chi connectivity index (χ4n) is 2.57. The minimum absolute atomic E-state index is 0.255. The lowest BCUT2D eigenvalue weighted by Gasteiger charge is -2.05. The third-order valence-electron chi connectivity index (χ3n) is 3.71. The summed E-state index contributed by atoms with van der Waals surface area (Å²) in [6.45, 7) is 4.05. The van der Waals surface area contributed by atoms with Gasteiger partial charge in [-0.2, -0.15) is 0 Å². The van der Waals surface area contributed by atoms with E-state index in [4.69, 9.17) is 4.42 Å². The number of urea groups is 1. The van der Waals surface area contributed by atoms with E-state index in [-0.39, 0.29) is 11.9 Å². The number of carbonyl (C=O) groups excluding carboxylic acids is 1. The summed E-state index contributed by atoms with van der Waals surface area (Å²) in [6.07, 6.45) is 5.05. The number of hydrogen-bond donors (Lipinski definition) is 2. The molecule has 0 aromatic carbocycles. The molecule has 0 aliphatic carbocycles. The minimum Gasteiger partial charge on any atom is -0.418 e. The van der Waals surface area contributed by atoms with Gasteiger partial charge in [0.05, 0.1) is 11.9 Å². The van der Waals surface area contributed by atoms with E-state index < -0.39 is 0 Å². The molecule has 0 spiro atoms.